The zero-order valence-corrected chi connectivity index (χ0v) is 34.2. The second-order valence-electron chi connectivity index (χ2n) is 16.6. The largest absolute Gasteiger partial charge is 0.453 e. The molecule has 5 aromatic rings. The van der Waals surface area contributed by atoms with Crippen LogP contribution in [0.3, 0.4) is 0 Å². The number of alkyl carbamates (subject to hydrolysis) is 1. The van der Waals surface area contributed by atoms with E-state index in [9.17, 15) is 14.4 Å². The zero-order valence-electron chi connectivity index (χ0n) is 34.2. The first-order valence-corrected chi connectivity index (χ1v) is 20.7. The van der Waals surface area contributed by atoms with Crippen LogP contribution in [0.5, 0.6) is 0 Å². The number of amides is 3. The molecule has 0 spiro atoms. The van der Waals surface area contributed by atoms with Gasteiger partial charge < -0.3 is 30.2 Å². The van der Waals surface area contributed by atoms with Gasteiger partial charge in [0.2, 0.25) is 12.3 Å². The van der Waals surface area contributed by atoms with Crippen LogP contribution in [0, 0.1) is 23.7 Å². The number of nitrogens with zero attached hydrogens (tertiary/aromatic N) is 4. The first kappa shape index (κ1) is 40.4. The number of nitrogens with one attached hydrogen (secondary N) is 4. The number of aromatic amines is 2. The number of H-pyrrole nitrogens is 2. The molecule has 2 bridgehead atoms. The van der Waals surface area contributed by atoms with E-state index in [2.05, 4.69) is 92.9 Å². The van der Waals surface area contributed by atoms with Crippen LogP contribution >= 0.6 is 0 Å². The quantitative estimate of drug-likeness (QED) is 0.0923. The SMILES string of the molecule is CC(C)C(NC=O)c1cccnc1.COC(=O)NC(C(=O)N1CCCC1c1ncc(-c2ccc(-c3ccc(-c4cnc(C5CC6CCC5C6)[nH]4)cc3)cc2)[nH]1)C(C)C. The van der Waals surface area contributed by atoms with Gasteiger partial charge in [0.05, 0.1) is 43.0 Å². The summed E-state index contributed by atoms with van der Waals surface area (Å²) in [6, 6.07) is 20.2. The molecule has 8 rings (SSSR count). The van der Waals surface area contributed by atoms with Crippen LogP contribution in [-0.4, -0.2) is 67.9 Å². The third kappa shape index (κ3) is 9.01. The van der Waals surface area contributed by atoms with Crippen LogP contribution in [0.2, 0.25) is 0 Å². The summed E-state index contributed by atoms with van der Waals surface area (Å²) < 4.78 is 4.75. The molecule has 4 N–H and O–H groups in total. The van der Waals surface area contributed by atoms with Gasteiger partial charge in [0, 0.05) is 24.9 Å². The number of methoxy groups -OCH3 is 1. The number of ether oxygens (including phenoxy) is 1. The van der Waals surface area contributed by atoms with E-state index in [4.69, 9.17) is 9.72 Å². The molecule has 6 atom stereocenters. The summed E-state index contributed by atoms with van der Waals surface area (Å²) in [5.41, 5.74) is 7.53. The Morgan fingerprint density at radius 3 is 1.98 bits per heavy atom. The zero-order chi connectivity index (χ0) is 40.8. The standard InChI is InChI=1S/C36H42N6O3.C10H14N2O/c1-21(2)32(41-36(44)45-3)35(43)42-16-4-5-31(42)34-38-20-30(40-34)26-14-10-24(11-15-26)23-8-12-25(13-9-23)29-19-37-33(39-29)28-18-22-6-7-27(28)17-22;1-8(2)10(12-7-13)9-4-3-5-11-6-9/h8-15,19-22,27-28,31-32H,4-7,16-18H2,1-3H3,(H,37,39)(H,38,40)(H,41,44);3-8,10H,1-2H3,(H,12,13). The fraction of sp³-hybridized carbons (Fsp3) is 0.435. The van der Waals surface area contributed by atoms with Gasteiger partial charge in [-0.05, 0) is 89.7 Å². The van der Waals surface area contributed by atoms with Crippen molar-refractivity contribution in [1.29, 1.82) is 0 Å². The number of aromatic nitrogens is 5. The molecule has 3 aromatic heterocycles. The van der Waals surface area contributed by atoms with Gasteiger partial charge in [0.15, 0.2) is 0 Å². The highest BCUT2D eigenvalue weighted by molar-refractivity contribution is 5.86. The fourth-order valence-electron chi connectivity index (χ4n) is 9.09. The van der Waals surface area contributed by atoms with Gasteiger partial charge >= 0.3 is 6.09 Å². The molecule has 6 unspecified atom stereocenters. The Hall–Kier alpha value is -5.78. The summed E-state index contributed by atoms with van der Waals surface area (Å²) in [7, 11) is 1.30. The van der Waals surface area contributed by atoms with Crippen molar-refractivity contribution < 1.29 is 19.1 Å². The van der Waals surface area contributed by atoms with Gasteiger partial charge in [-0.3, -0.25) is 14.6 Å². The summed E-state index contributed by atoms with van der Waals surface area (Å²) in [6.45, 7) is 8.59. The van der Waals surface area contributed by atoms with Crippen molar-refractivity contribution in [1.82, 2.24) is 40.5 Å². The summed E-state index contributed by atoms with van der Waals surface area (Å²) in [4.78, 5) is 58.1. The smallest absolute Gasteiger partial charge is 0.407 e. The molecule has 304 valence electrons. The highest BCUT2D eigenvalue weighted by Crippen LogP contribution is 2.52. The number of carbonyl (C=O) groups excluding carboxylic acids is 3. The Morgan fingerprint density at radius 1 is 0.810 bits per heavy atom. The van der Waals surface area contributed by atoms with Crippen LogP contribution in [0.15, 0.2) is 85.5 Å². The van der Waals surface area contributed by atoms with Crippen LogP contribution in [0.4, 0.5) is 4.79 Å². The molecule has 12 nitrogen and oxygen atoms in total. The third-order valence-electron chi connectivity index (χ3n) is 12.2. The van der Waals surface area contributed by atoms with Crippen LogP contribution < -0.4 is 10.6 Å². The van der Waals surface area contributed by atoms with E-state index >= 15 is 0 Å². The predicted molar refractivity (Wildman–Crippen MR) is 224 cm³/mol. The predicted octanol–water partition coefficient (Wildman–Crippen LogP) is 8.61. The minimum atomic E-state index is -0.655. The molecule has 3 amide bonds. The second kappa shape index (κ2) is 18.2. The molecular formula is C46H56N8O4. The molecule has 2 saturated carbocycles. The maximum Gasteiger partial charge on any atom is 0.407 e. The number of benzene rings is 2. The molecule has 2 aromatic carbocycles. The molecule has 0 radical (unpaired) electrons. The van der Waals surface area contributed by atoms with E-state index in [0.717, 1.165) is 76.1 Å². The van der Waals surface area contributed by atoms with E-state index in [1.807, 2.05) is 43.3 Å². The molecule has 3 aliphatic rings. The second-order valence-corrected chi connectivity index (χ2v) is 16.6. The number of fused-ring (bicyclic) bond motifs is 2. The number of carbonyl (C=O) groups is 3. The van der Waals surface area contributed by atoms with Gasteiger partial charge in [-0.1, -0.05) is 88.7 Å². The fourth-order valence-corrected chi connectivity index (χ4v) is 9.09. The monoisotopic (exact) mass is 784 g/mol. The van der Waals surface area contributed by atoms with E-state index in [1.54, 1.807) is 12.4 Å². The lowest BCUT2D eigenvalue weighted by molar-refractivity contribution is -0.135. The van der Waals surface area contributed by atoms with Gasteiger partial charge in [-0.15, -0.1) is 0 Å². The summed E-state index contributed by atoms with van der Waals surface area (Å²) in [5.74, 6) is 4.44. The van der Waals surface area contributed by atoms with E-state index in [1.165, 1.54) is 38.6 Å². The first-order valence-electron chi connectivity index (χ1n) is 20.7. The van der Waals surface area contributed by atoms with Crippen LogP contribution in [-0.2, 0) is 14.3 Å². The molecule has 3 fully saturated rings. The lowest BCUT2D eigenvalue weighted by Crippen LogP contribution is -2.51. The molecule has 12 heteroatoms. The van der Waals surface area contributed by atoms with Crippen molar-refractivity contribution in [3.05, 3.63) is 103 Å². The van der Waals surface area contributed by atoms with Gasteiger partial charge in [0.1, 0.15) is 17.7 Å². The van der Waals surface area contributed by atoms with Crippen LogP contribution in [0.1, 0.15) is 101 Å². The lowest BCUT2D eigenvalue weighted by Gasteiger charge is -2.30. The molecule has 58 heavy (non-hydrogen) atoms. The average molecular weight is 785 g/mol. The maximum absolute atomic E-state index is 13.5. The summed E-state index contributed by atoms with van der Waals surface area (Å²) in [5, 5.41) is 5.48. The molecular weight excluding hydrogens is 729 g/mol. The van der Waals surface area contributed by atoms with Crippen molar-refractivity contribution in [2.75, 3.05) is 13.7 Å². The number of hydrogen-bond acceptors (Lipinski definition) is 7. The Balaban J connectivity index is 0.000000337. The highest BCUT2D eigenvalue weighted by atomic mass is 16.5. The topological polar surface area (TPSA) is 158 Å². The number of likely N-dealkylation sites (tertiary alicyclic amines) is 1. The Morgan fingerprint density at radius 2 is 1.45 bits per heavy atom. The Labute approximate surface area is 341 Å². The summed E-state index contributed by atoms with van der Waals surface area (Å²) >= 11 is 0. The van der Waals surface area contributed by atoms with Gasteiger partial charge in [-0.2, -0.15) is 0 Å². The van der Waals surface area contributed by atoms with E-state index in [0.29, 0.717) is 18.4 Å². The first-order chi connectivity index (χ1) is 28.1. The highest BCUT2D eigenvalue weighted by Gasteiger charge is 2.41. The molecule has 4 heterocycles. The Kier molecular flexibility index (Phi) is 12.7. The van der Waals surface area contributed by atoms with E-state index < -0.39 is 12.1 Å². The summed E-state index contributed by atoms with van der Waals surface area (Å²) in [6.07, 6.45) is 14.6. The van der Waals surface area contributed by atoms with Gasteiger partial charge in [0.25, 0.3) is 0 Å². The normalized spacial score (nSPS) is 20.7. The number of pyridine rings is 1. The number of rotatable bonds is 12. The average Bonchev–Trinajstić information content (AvgIpc) is 4.11. The number of imidazole rings is 2. The van der Waals surface area contributed by atoms with Crippen molar-refractivity contribution in [3.8, 4) is 33.6 Å². The minimum absolute atomic E-state index is 0.0613. The molecule has 1 saturated heterocycles. The molecule has 1 aliphatic heterocycles. The molecule has 2 aliphatic carbocycles. The minimum Gasteiger partial charge on any atom is -0.453 e. The van der Waals surface area contributed by atoms with E-state index in [-0.39, 0.29) is 23.9 Å². The van der Waals surface area contributed by atoms with Crippen molar-refractivity contribution in [3.63, 3.8) is 0 Å². The number of hydrogen-bond donors (Lipinski definition) is 4. The van der Waals surface area contributed by atoms with Crippen molar-refractivity contribution in [2.45, 2.75) is 90.3 Å². The lowest BCUT2D eigenvalue weighted by atomic mass is 9.88. The maximum atomic E-state index is 13.5. The van der Waals surface area contributed by atoms with Crippen molar-refractivity contribution in [2.24, 2.45) is 23.7 Å². The Bertz CT molecular complexity index is 2130. The third-order valence-corrected chi connectivity index (χ3v) is 12.2. The van der Waals surface area contributed by atoms with Crippen LogP contribution in [0.25, 0.3) is 33.6 Å². The van der Waals surface area contributed by atoms with Gasteiger partial charge in [-0.25, -0.2) is 14.8 Å². The van der Waals surface area contributed by atoms with Crippen molar-refractivity contribution >= 4 is 18.4 Å².